The number of nitrogens with zero attached hydrogens (tertiary/aromatic N) is 3. The quantitative estimate of drug-likeness (QED) is 0.668. The molecule has 0 saturated heterocycles. The molecule has 66 valence electrons. The van der Waals surface area contributed by atoms with E-state index in [1.165, 1.54) is 0 Å². The van der Waals surface area contributed by atoms with E-state index in [1.807, 2.05) is 0 Å². The lowest BCUT2D eigenvalue weighted by atomic mass is 10.2. The second-order valence-electron chi connectivity index (χ2n) is 2.47. The van der Waals surface area contributed by atoms with Gasteiger partial charge in [-0.1, -0.05) is 11.6 Å². The summed E-state index contributed by atoms with van der Waals surface area (Å²) in [5.74, 6) is 0.444. The molecule has 3 N–H and O–H groups in total. The van der Waals surface area contributed by atoms with Crippen LogP contribution in [0.1, 0.15) is 0 Å². The molecule has 2 aromatic rings. The first-order valence-corrected chi connectivity index (χ1v) is 3.94. The highest BCUT2D eigenvalue weighted by atomic mass is 35.5. The number of hydrogen-bond acceptors (Lipinski definition) is 4. The molecule has 0 aliphatic carbocycles. The topological polar surface area (TPSA) is 80.5 Å². The van der Waals surface area contributed by atoms with E-state index in [-0.39, 0.29) is 0 Å². The maximum absolute atomic E-state index is 5.79. The van der Waals surface area contributed by atoms with Crippen molar-refractivity contribution in [3.8, 4) is 11.4 Å². The molecule has 2 rings (SSSR count). The molecular weight excluding hydrogens is 190 g/mol. The van der Waals surface area contributed by atoms with Gasteiger partial charge in [0.1, 0.15) is 0 Å². The summed E-state index contributed by atoms with van der Waals surface area (Å²) in [4.78, 5) is 0. The fourth-order valence-electron chi connectivity index (χ4n) is 0.998. The number of rotatable bonds is 1. The van der Waals surface area contributed by atoms with E-state index in [4.69, 9.17) is 17.3 Å². The van der Waals surface area contributed by atoms with Gasteiger partial charge in [-0.05, 0) is 23.4 Å². The first kappa shape index (κ1) is 8.00. The zero-order chi connectivity index (χ0) is 9.26. The van der Waals surface area contributed by atoms with Gasteiger partial charge in [-0.25, -0.2) is 0 Å². The molecule has 0 aliphatic rings. The fourth-order valence-corrected chi connectivity index (χ4v) is 1.17. The molecule has 0 radical (unpaired) electrons. The van der Waals surface area contributed by atoms with E-state index >= 15 is 0 Å². The summed E-state index contributed by atoms with van der Waals surface area (Å²) < 4.78 is 0. The average Bonchev–Trinajstić information content (AvgIpc) is 2.61. The van der Waals surface area contributed by atoms with Gasteiger partial charge in [-0.3, -0.25) is 0 Å². The molecule has 0 unspecified atom stereocenters. The van der Waals surface area contributed by atoms with Gasteiger partial charge in [0.2, 0.25) is 5.82 Å². The van der Waals surface area contributed by atoms with Crippen molar-refractivity contribution in [3.05, 3.63) is 23.2 Å². The molecule has 6 heteroatoms. The van der Waals surface area contributed by atoms with Crippen LogP contribution in [0.5, 0.6) is 0 Å². The minimum Gasteiger partial charge on any atom is -0.398 e. The standard InChI is InChI=1S/C7H6ClN5/c8-4-1-2-6(9)5(3-4)7-10-12-13-11-7/h1-3H,9H2,(H,10,11,12,13). The third kappa shape index (κ3) is 1.46. The van der Waals surface area contributed by atoms with Crippen LogP contribution in [-0.4, -0.2) is 20.6 Å². The van der Waals surface area contributed by atoms with Crippen molar-refractivity contribution < 1.29 is 0 Å². The van der Waals surface area contributed by atoms with Crippen molar-refractivity contribution in [1.82, 2.24) is 20.6 Å². The number of nitrogens with one attached hydrogen (secondary N) is 1. The van der Waals surface area contributed by atoms with Crippen LogP contribution in [0.25, 0.3) is 11.4 Å². The second kappa shape index (κ2) is 3.02. The number of benzene rings is 1. The number of anilines is 1. The molecular formula is C7H6ClN5. The van der Waals surface area contributed by atoms with Gasteiger partial charge < -0.3 is 5.73 Å². The minimum absolute atomic E-state index is 0.444. The molecule has 0 saturated carbocycles. The Morgan fingerprint density at radius 2 is 2.23 bits per heavy atom. The molecule has 0 bridgehead atoms. The lowest BCUT2D eigenvalue weighted by molar-refractivity contribution is 0.881. The van der Waals surface area contributed by atoms with Crippen molar-refractivity contribution >= 4 is 17.3 Å². The molecule has 1 aromatic heterocycles. The molecule has 1 aromatic carbocycles. The number of nitrogen functional groups attached to an aromatic ring is 1. The van der Waals surface area contributed by atoms with Crippen molar-refractivity contribution in [1.29, 1.82) is 0 Å². The molecule has 0 aliphatic heterocycles. The van der Waals surface area contributed by atoms with Crippen molar-refractivity contribution in [2.75, 3.05) is 5.73 Å². The number of H-pyrrole nitrogens is 1. The summed E-state index contributed by atoms with van der Waals surface area (Å²) in [6.07, 6.45) is 0. The van der Waals surface area contributed by atoms with Crippen LogP contribution in [0.3, 0.4) is 0 Å². The second-order valence-corrected chi connectivity index (χ2v) is 2.90. The van der Waals surface area contributed by atoms with E-state index in [2.05, 4.69) is 20.6 Å². The van der Waals surface area contributed by atoms with E-state index in [0.717, 1.165) is 0 Å². The van der Waals surface area contributed by atoms with E-state index in [0.29, 0.717) is 22.1 Å². The van der Waals surface area contributed by atoms with Gasteiger partial charge in [0.25, 0.3) is 0 Å². The minimum atomic E-state index is 0.444. The molecule has 5 nitrogen and oxygen atoms in total. The van der Waals surface area contributed by atoms with Crippen molar-refractivity contribution in [3.63, 3.8) is 0 Å². The monoisotopic (exact) mass is 195 g/mol. The van der Waals surface area contributed by atoms with E-state index in [1.54, 1.807) is 18.2 Å². The fraction of sp³-hybridized carbons (Fsp3) is 0. The highest BCUT2D eigenvalue weighted by molar-refractivity contribution is 6.31. The van der Waals surface area contributed by atoms with Crippen LogP contribution >= 0.6 is 11.6 Å². The highest BCUT2D eigenvalue weighted by Gasteiger charge is 2.06. The smallest absolute Gasteiger partial charge is 0.206 e. The summed E-state index contributed by atoms with van der Waals surface area (Å²) in [6, 6.07) is 5.11. The number of halogens is 1. The van der Waals surface area contributed by atoms with Crippen LogP contribution < -0.4 is 5.73 Å². The predicted molar refractivity (Wildman–Crippen MR) is 49.0 cm³/mol. The van der Waals surface area contributed by atoms with Crippen LogP contribution in [0.2, 0.25) is 5.02 Å². The molecule has 0 spiro atoms. The first-order chi connectivity index (χ1) is 6.27. The summed E-state index contributed by atoms with van der Waals surface area (Å²) >= 11 is 5.79. The van der Waals surface area contributed by atoms with E-state index in [9.17, 15) is 0 Å². The normalized spacial score (nSPS) is 10.2. The molecule has 0 amide bonds. The van der Waals surface area contributed by atoms with Gasteiger partial charge in [-0.2, -0.15) is 5.21 Å². The third-order valence-corrected chi connectivity index (χ3v) is 1.84. The van der Waals surface area contributed by atoms with Crippen molar-refractivity contribution in [2.24, 2.45) is 0 Å². The zero-order valence-electron chi connectivity index (χ0n) is 6.53. The van der Waals surface area contributed by atoms with Crippen LogP contribution in [-0.2, 0) is 0 Å². The first-order valence-electron chi connectivity index (χ1n) is 3.56. The summed E-state index contributed by atoms with van der Waals surface area (Å²) in [6.45, 7) is 0. The van der Waals surface area contributed by atoms with Gasteiger partial charge in [-0.15, -0.1) is 10.2 Å². The lowest BCUT2D eigenvalue weighted by Gasteiger charge is -1.99. The van der Waals surface area contributed by atoms with Gasteiger partial charge in [0.15, 0.2) is 0 Å². The SMILES string of the molecule is Nc1ccc(Cl)cc1-c1nn[nH]n1. The predicted octanol–water partition coefficient (Wildman–Crippen LogP) is 1.10. The van der Waals surface area contributed by atoms with Crippen LogP contribution in [0, 0.1) is 0 Å². The zero-order valence-corrected chi connectivity index (χ0v) is 7.28. The summed E-state index contributed by atoms with van der Waals surface area (Å²) in [5.41, 5.74) is 6.96. The maximum Gasteiger partial charge on any atom is 0.206 e. The Morgan fingerprint density at radius 3 is 2.92 bits per heavy atom. The average molecular weight is 196 g/mol. The molecule has 0 fully saturated rings. The third-order valence-electron chi connectivity index (χ3n) is 1.60. The largest absolute Gasteiger partial charge is 0.398 e. The number of aromatic nitrogens is 4. The van der Waals surface area contributed by atoms with E-state index < -0.39 is 0 Å². The number of aromatic amines is 1. The Balaban J connectivity index is 2.57. The van der Waals surface area contributed by atoms with Crippen molar-refractivity contribution in [2.45, 2.75) is 0 Å². The Bertz CT molecular complexity index is 411. The maximum atomic E-state index is 5.79. The van der Waals surface area contributed by atoms with Crippen LogP contribution in [0.4, 0.5) is 5.69 Å². The molecule has 1 heterocycles. The summed E-state index contributed by atoms with van der Waals surface area (Å²) in [7, 11) is 0. The number of tetrazole rings is 1. The Kier molecular flexibility index (Phi) is 1.86. The Hall–Kier alpha value is -1.62. The Labute approximate surface area is 78.9 Å². The van der Waals surface area contributed by atoms with Crippen LogP contribution in [0.15, 0.2) is 18.2 Å². The molecule has 0 atom stereocenters. The van der Waals surface area contributed by atoms with Gasteiger partial charge >= 0.3 is 0 Å². The van der Waals surface area contributed by atoms with Gasteiger partial charge in [0.05, 0.1) is 0 Å². The number of nitrogens with two attached hydrogens (primary N) is 1. The summed E-state index contributed by atoms with van der Waals surface area (Å²) in [5, 5.41) is 14.0. The van der Waals surface area contributed by atoms with Gasteiger partial charge in [0, 0.05) is 16.3 Å². The highest BCUT2D eigenvalue weighted by Crippen LogP contribution is 2.24. The molecule has 13 heavy (non-hydrogen) atoms. The Morgan fingerprint density at radius 1 is 1.38 bits per heavy atom. The number of hydrogen-bond donors (Lipinski definition) is 2. The lowest BCUT2D eigenvalue weighted by Crippen LogP contribution is -1.91.